The number of benzene rings is 4. The second kappa shape index (κ2) is 10.3. The maximum atomic E-state index is 14.3. The average Bonchev–Trinajstić information content (AvgIpc) is 2.82. The highest BCUT2D eigenvalue weighted by molar-refractivity contribution is 5.84. The first-order chi connectivity index (χ1) is 16.4. The lowest BCUT2D eigenvalue weighted by Gasteiger charge is -2.03. The van der Waals surface area contributed by atoms with Crippen LogP contribution in [-0.2, 0) is 6.42 Å². The minimum Gasteiger partial charge on any atom is -0.206 e. The largest absolute Gasteiger partial charge is 0.206 e. The molecule has 0 fully saturated rings. The molecule has 0 heterocycles. The van der Waals surface area contributed by atoms with Gasteiger partial charge in [-0.25, -0.2) is 17.6 Å². The van der Waals surface area contributed by atoms with E-state index < -0.39 is 23.3 Å². The molecule has 0 atom stereocenters. The fourth-order valence-corrected chi connectivity index (χ4v) is 3.51. The number of rotatable bonds is 3. The molecule has 0 bridgehead atoms. The molecule has 0 amide bonds. The lowest BCUT2D eigenvalue weighted by Crippen LogP contribution is -1.95. The van der Waals surface area contributed by atoms with Crippen LogP contribution in [0.1, 0.15) is 47.6 Å². The number of unbranched alkanes of at least 4 members (excludes halogenated alkanes) is 1. The third-order valence-corrected chi connectivity index (χ3v) is 5.37. The highest BCUT2D eigenvalue weighted by atomic mass is 19.2. The summed E-state index contributed by atoms with van der Waals surface area (Å²) in [5, 5.41) is 1.16. The Morgan fingerprint density at radius 1 is 0.559 bits per heavy atom. The van der Waals surface area contributed by atoms with E-state index in [2.05, 4.69) is 23.7 Å². The van der Waals surface area contributed by atoms with E-state index in [4.69, 9.17) is 0 Å². The Hall–Kier alpha value is -4.02. The second-order valence-electron chi connectivity index (χ2n) is 7.94. The van der Waals surface area contributed by atoms with Gasteiger partial charge in [-0.2, -0.15) is 0 Å². The first kappa shape index (κ1) is 23.1. The van der Waals surface area contributed by atoms with Gasteiger partial charge in [0.25, 0.3) is 0 Å². The summed E-state index contributed by atoms with van der Waals surface area (Å²) in [6.45, 7) is 2.03. The van der Waals surface area contributed by atoms with Crippen LogP contribution in [0.4, 0.5) is 17.6 Å². The quantitative estimate of drug-likeness (QED) is 0.221. The molecule has 0 aliphatic carbocycles. The number of halogens is 4. The van der Waals surface area contributed by atoms with E-state index in [1.807, 2.05) is 6.92 Å². The molecule has 4 heteroatoms. The zero-order chi connectivity index (χ0) is 24.1. The van der Waals surface area contributed by atoms with Gasteiger partial charge >= 0.3 is 0 Å². The van der Waals surface area contributed by atoms with Gasteiger partial charge in [0.2, 0.25) is 0 Å². The third-order valence-electron chi connectivity index (χ3n) is 5.37. The van der Waals surface area contributed by atoms with Crippen molar-refractivity contribution in [1.29, 1.82) is 0 Å². The number of fused-ring (bicyclic) bond motifs is 1. The molecule has 0 spiro atoms. The van der Waals surface area contributed by atoms with Crippen LogP contribution in [0.5, 0.6) is 0 Å². The van der Waals surface area contributed by atoms with E-state index in [0.717, 1.165) is 25.0 Å². The van der Waals surface area contributed by atoms with Crippen molar-refractivity contribution in [2.75, 3.05) is 0 Å². The summed E-state index contributed by atoms with van der Waals surface area (Å²) in [4.78, 5) is 0. The fraction of sp³-hybridized carbons (Fsp3) is 0.133. The summed E-state index contributed by atoms with van der Waals surface area (Å²) in [6, 6.07) is 17.1. The van der Waals surface area contributed by atoms with E-state index >= 15 is 0 Å². The minimum absolute atomic E-state index is 0.239. The molecule has 0 radical (unpaired) electrons. The molecule has 0 saturated carbocycles. The van der Waals surface area contributed by atoms with Crippen molar-refractivity contribution in [3.05, 3.63) is 118 Å². The zero-order valence-electron chi connectivity index (χ0n) is 18.5. The SMILES string of the molecule is CCCCc1cc(F)c(C#Cc2ccc(C#Cc3ccc4cc(F)c(F)cc4c3)cc2)c(F)c1. The predicted octanol–water partition coefficient (Wildman–Crippen LogP) is 7.54. The Kier molecular flexibility index (Phi) is 7.00. The Labute approximate surface area is 196 Å². The number of hydrogen-bond acceptors (Lipinski definition) is 0. The minimum atomic E-state index is -0.901. The molecule has 0 unspecified atom stereocenters. The molecular formula is C30H20F4. The van der Waals surface area contributed by atoms with Crippen molar-refractivity contribution in [3.8, 4) is 23.7 Å². The van der Waals surface area contributed by atoms with Crippen molar-refractivity contribution in [2.24, 2.45) is 0 Å². The molecular weight excluding hydrogens is 436 g/mol. The molecule has 168 valence electrons. The Morgan fingerprint density at radius 3 is 1.71 bits per heavy atom. The van der Waals surface area contributed by atoms with Crippen molar-refractivity contribution in [2.45, 2.75) is 26.2 Å². The molecule has 34 heavy (non-hydrogen) atoms. The maximum Gasteiger partial charge on any atom is 0.159 e. The predicted molar refractivity (Wildman–Crippen MR) is 127 cm³/mol. The molecule has 0 aromatic heterocycles. The van der Waals surface area contributed by atoms with Crippen LogP contribution in [0.15, 0.2) is 66.7 Å². The molecule has 4 aromatic carbocycles. The van der Waals surface area contributed by atoms with Crippen LogP contribution < -0.4 is 0 Å². The Balaban J connectivity index is 1.50. The van der Waals surface area contributed by atoms with Gasteiger partial charge in [-0.1, -0.05) is 43.1 Å². The topological polar surface area (TPSA) is 0 Å². The summed E-state index contributed by atoms with van der Waals surface area (Å²) in [5.41, 5.74) is 2.37. The summed E-state index contributed by atoms with van der Waals surface area (Å²) in [7, 11) is 0. The molecule has 0 saturated heterocycles. The average molecular weight is 456 g/mol. The summed E-state index contributed by atoms with van der Waals surface area (Å²) >= 11 is 0. The molecule has 4 aromatic rings. The van der Waals surface area contributed by atoms with E-state index in [-0.39, 0.29) is 5.56 Å². The second-order valence-corrected chi connectivity index (χ2v) is 7.94. The van der Waals surface area contributed by atoms with Crippen molar-refractivity contribution in [3.63, 3.8) is 0 Å². The standard InChI is InChI=1S/C30H20F4/c1-2-3-4-23-16-27(31)26(28(32)17-23)14-12-21-7-5-20(6-8-21)9-10-22-11-13-24-18-29(33)30(34)19-25(24)15-22/h5-8,11,13,15-19H,2-4H2,1H3. The van der Waals surface area contributed by atoms with Gasteiger partial charge in [0, 0.05) is 16.7 Å². The van der Waals surface area contributed by atoms with Gasteiger partial charge in [0.05, 0.1) is 5.56 Å². The number of aryl methyl sites for hydroxylation is 1. The molecule has 4 rings (SSSR count). The van der Waals surface area contributed by atoms with E-state index in [1.165, 1.54) is 12.1 Å². The summed E-state index contributed by atoms with van der Waals surface area (Å²) in [6.07, 6.45) is 2.46. The maximum absolute atomic E-state index is 14.3. The van der Waals surface area contributed by atoms with Crippen LogP contribution >= 0.6 is 0 Å². The Bertz CT molecular complexity index is 1450. The van der Waals surface area contributed by atoms with Crippen molar-refractivity contribution >= 4 is 10.8 Å². The van der Waals surface area contributed by atoms with Crippen molar-refractivity contribution < 1.29 is 17.6 Å². The van der Waals surface area contributed by atoms with Crippen LogP contribution in [0.3, 0.4) is 0 Å². The van der Waals surface area contributed by atoms with Gasteiger partial charge in [0.1, 0.15) is 11.6 Å². The highest BCUT2D eigenvalue weighted by Crippen LogP contribution is 2.20. The van der Waals surface area contributed by atoms with Gasteiger partial charge in [-0.05, 0) is 89.8 Å². The smallest absolute Gasteiger partial charge is 0.159 e. The molecule has 0 aliphatic heterocycles. The van der Waals surface area contributed by atoms with Gasteiger partial charge < -0.3 is 0 Å². The monoisotopic (exact) mass is 456 g/mol. The first-order valence-electron chi connectivity index (χ1n) is 10.9. The van der Waals surface area contributed by atoms with E-state index in [1.54, 1.807) is 42.5 Å². The van der Waals surface area contributed by atoms with Crippen molar-refractivity contribution in [1.82, 2.24) is 0 Å². The lowest BCUT2D eigenvalue weighted by molar-refractivity contribution is 0.511. The summed E-state index contributed by atoms with van der Waals surface area (Å²) in [5.74, 6) is 8.29. The number of hydrogen-bond donors (Lipinski definition) is 0. The molecule has 0 aliphatic rings. The van der Waals surface area contributed by atoms with E-state index in [0.29, 0.717) is 39.4 Å². The van der Waals surface area contributed by atoms with Gasteiger partial charge in [-0.15, -0.1) is 0 Å². The van der Waals surface area contributed by atoms with Crippen LogP contribution in [0.25, 0.3) is 10.8 Å². The molecule has 0 nitrogen and oxygen atoms in total. The normalized spacial score (nSPS) is 10.4. The Morgan fingerprint density at radius 2 is 1.09 bits per heavy atom. The third kappa shape index (κ3) is 5.48. The van der Waals surface area contributed by atoms with Gasteiger partial charge in [0.15, 0.2) is 11.6 Å². The van der Waals surface area contributed by atoms with Crippen LogP contribution in [-0.4, -0.2) is 0 Å². The highest BCUT2D eigenvalue weighted by Gasteiger charge is 2.09. The lowest BCUT2D eigenvalue weighted by atomic mass is 10.0. The van der Waals surface area contributed by atoms with Crippen LogP contribution in [0.2, 0.25) is 0 Å². The molecule has 0 N–H and O–H groups in total. The van der Waals surface area contributed by atoms with Crippen LogP contribution in [0, 0.1) is 47.0 Å². The zero-order valence-corrected chi connectivity index (χ0v) is 18.5. The fourth-order valence-electron chi connectivity index (χ4n) is 3.51. The van der Waals surface area contributed by atoms with E-state index in [9.17, 15) is 17.6 Å². The van der Waals surface area contributed by atoms with Gasteiger partial charge in [-0.3, -0.25) is 0 Å². The first-order valence-corrected chi connectivity index (χ1v) is 10.9. The summed E-state index contributed by atoms with van der Waals surface area (Å²) < 4.78 is 55.4.